The van der Waals surface area contributed by atoms with Crippen LogP contribution in [0.3, 0.4) is 0 Å². The van der Waals surface area contributed by atoms with Crippen molar-refractivity contribution >= 4 is 40.6 Å². The van der Waals surface area contributed by atoms with Crippen molar-refractivity contribution < 1.29 is 29.0 Å². The van der Waals surface area contributed by atoms with E-state index in [1.807, 2.05) is 25.3 Å². The Bertz CT molecular complexity index is 1800. The molecule has 0 bridgehead atoms. The lowest BCUT2D eigenvalue weighted by Crippen LogP contribution is -2.27. The van der Waals surface area contributed by atoms with Crippen LogP contribution in [-0.2, 0) is 6.42 Å². The molecule has 0 unspecified atom stereocenters. The molecule has 0 radical (unpaired) electrons. The van der Waals surface area contributed by atoms with Gasteiger partial charge < -0.3 is 30.9 Å². The molecule has 0 fully saturated rings. The number of aromatic carboxylic acids is 1. The lowest BCUT2D eigenvalue weighted by atomic mass is 9.91. The highest BCUT2D eigenvalue weighted by molar-refractivity contribution is 7.13. The predicted molar refractivity (Wildman–Crippen MR) is 170 cm³/mol. The minimum atomic E-state index is -1.24. The van der Waals surface area contributed by atoms with E-state index in [4.69, 9.17) is 20.6 Å². The Labute approximate surface area is 258 Å². The van der Waals surface area contributed by atoms with E-state index in [9.17, 15) is 19.5 Å². The average molecular weight is 613 g/mol. The fraction of sp³-hybridized carbons (Fsp3) is 0.212. The van der Waals surface area contributed by atoms with E-state index < -0.39 is 11.9 Å². The van der Waals surface area contributed by atoms with Crippen LogP contribution < -0.4 is 25.8 Å². The highest BCUT2D eigenvalue weighted by Crippen LogP contribution is 2.43. The zero-order valence-corrected chi connectivity index (χ0v) is 25.3. The number of carboxylic acids is 1. The fourth-order valence-electron chi connectivity index (χ4n) is 5.01. The average Bonchev–Trinajstić information content (AvgIpc) is 3.40. The second-order valence-electron chi connectivity index (χ2n) is 10.7. The Balaban J connectivity index is 1.64. The van der Waals surface area contributed by atoms with Gasteiger partial charge in [0.2, 0.25) is 0 Å². The molecular weight excluding hydrogens is 580 g/mol. The Morgan fingerprint density at radius 3 is 2.50 bits per heavy atom. The number of amides is 2. The standard InChI is InChI=1S/C33H32N4O6S/c1-17(2)16-36-31(38)19-4-6-21(25(12-19)33(40)41)23-15-28-26(29-18(8-10-43-28)9-11-44-29)14-24(23)32(39)37-20-5-7-22(30(34)35)27(13-20)42-3/h4-7,9,11-15,17H,8,10,16H2,1-3H3,(H3,34,35)(H,36,38)(H,37,39)(H,40,41). The molecule has 1 aliphatic heterocycles. The van der Waals surface area contributed by atoms with E-state index in [0.29, 0.717) is 47.9 Å². The van der Waals surface area contributed by atoms with Crippen molar-refractivity contribution in [3.63, 3.8) is 0 Å². The van der Waals surface area contributed by atoms with Gasteiger partial charge in [-0.1, -0.05) is 19.9 Å². The van der Waals surface area contributed by atoms with Crippen LogP contribution in [0.15, 0.2) is 60.0 Å². The van der Waals surface area contributed by atoms with Crippen molar-refractivity contribution in [3.05, 3.63) is 87.8 Å². The summed E-state index contributed by atoms with van der Waals surface area (Å²) in [5, 5.41) is 25.7. The largest absolute Gasteiger partial charge is 0.496 e. The molecule has 1 aliphatic rings. The Kier molecular flexibility index (Phi) is 8.68. The molecule has 0 spiro atoms. The number of nitrogens with two attached hydrogens (primary N) is 1. The number of ether oxygens (including phenoxy) is 2. The summed E-state index contributed by atoms with van der Waals surface area (Å²) in [6.45, 7) is 4.79. The van der Waals surface area contributed by atoms with E-state index in [0.717, 1.165) is 16.0 Å². The Hall–Kier alpha value is -5.16. The molecule has 2 heterocycles. The van der Waals surface area contributed by atoms with Gasteiger partial charge in [-0.15, -0.1) is 11.3 Å². The summed E-state index contributed by atoms with van der Waals surface area (Å²) < 4.78 is 11.5. The smallest absolute Gasteiger partial charge is 0.336 e. The molecule has 2 amide bonds. The van der Waals surface area contributed by atoms with Crippen LogP contribution >= 0.6 is 11.3 Å². The maximum atomic E-state index is 14.0. The molecule has 226 valence electrons. The highest BCUT2D eigenvalue weighted by atomic mass is 32.1. The van der Waals surface area contributed by atoms with E-state index in [1.54, 1.807) is 42.5 Å². The topological polar surface area (TPSA) is 164 Å². The first-order valence-corrected chi connectivity index (χ1v) is 14.8. The maximum Gasteiger partial charge on any atom is 0.336 e. The number of fused-ring (bicyclic) bond motifs is 3. The first-order chi connectivity index (χ1) is 21.1. The van der Waals surface area contributed by atoms with Gasteiger partial charge in [0.15, 0.2) is 0 Å². The number of rotatable bonds is 9. The van der Waals surface area contributed by atoms with Gasteiger partial charge in [0.05, 0.1) is 24.8 Å². The number of anilines is 1. The summed E-state index contributed by atoms with van der Waals surface area (Å²) in [5.41, 5.74) is 9.12. The van der Waals surface area contributed by atoms with Gasteiger partial charge in [0, 0.05) is 46.3 Å². The monoisotopic (exact) mass is 612 g/mol. The first-order valence-electron chi connectivity index (χ1n) is 13.9. The second-order valence-corrected chi connectivity index (χ2v) is 11.6. The number of hydrogen-bond donors (Lipinski definition) is 5. The molecular formula is C33H32N4O6S. The second kappa shape index (κ2) is 12.6. The van der Waals surface area contributed by atoms with Gasteiger partial charge in [-0.05, 0) is 70.5 Å². The SMILES string of the molecule is COc1cc(NC(=O)c2cc3c(cc2-c2ccc(C(=O)NCC(C)C)cc2C(=O)O)OCCc2ccsc2-3)ccc1C(=N)N. The van der Waals surface area contributed by atoms with Crippen LogP contribution in [0.1, 0.15) is 56.0 Å². The van der Waals surface area contributed by atoms with Gasteiger partial charge in [-0.2, -0.15) is 0 Å². The van der Waals surface area contributed by atoms with Crippen molar-refractivity contribution in [2.45, 2.75) is 20.3 Å². The lowest BCUT2D eigenvalue weighted by Gasteiger charge is -2.18. The molecule has 0 saturated carbocycles. The van der Waals surface area contributed by atoms with E-state index in [1.165, 1.54) is 24.5 Å². The summed E-state index contributed by atoms with van der Waals surface area (Å²) >= 11 is 1.54. The molecule has 0 aliphatic carbocycles. The van der Waals surface area contributed by atoms with Crippen LogP contribution in [0.5, 0.6) is 11.5 Å². The van der Waals surface area contributed by atoms with Crippen LogP contribution in [0.25, 0.3) is 21.6 Å². The number of amidine groups is 1. The van der Waals surface area contributed by atoms with Crippen LogP contribution in [-0.4, -0.2) is 49.0 Å². The van der Waals surface area contributed by atoms with Crippen molar-refractivity contribution in [1.82, 2.24) is 5.32 Å². The Morgan fingerprint density at radius 1 is 1.00 bits per heavy atom. The lowest BCUT2D eigenvalue weighted by molar-refractivity contribution is 0.0697. The first kappa shape index (κ1) is 30.3. The van der Waals surface area contributed by atoms with Gasteiger partial charge in [-0.3, -0.25) is 15.0 Å². The normalized spacial score (nSPS) is 11.9. The summed E-state index contributed by atoms with van der Waals surface area (Å²) in [4.78, 5) is 40.3. The number of carbonyl (C=O) groups excluding carboxylic acids is 2. The van der Waals surface area contributed by atoms with Crippen molar-refractivity contribution in [2.24, 2.45) is 11.7 Å². The van der Waals surface area contributed by atoms with Crippen LogP contribution in [0.4, 0.5) is 5.69 Å². The minimum absolute atomic E-state index is 0.130. The van der Waals surface area contributed by atoms with E-state index in [-0.39, 0.29) is 39.9 Å². The number of benzene rings is 3. The third-order valence-corrected chi connectivity index (χ3v) is 8.20. The van der Waals surface area contributed by atoms with Gasteiger partial charge in [0.1, 0.15) is 17.3 Å². The molecule has 44 heavy (non-hydrogen) atoms. The summed E-state index contributed by atoms with van der Waals surface area (Å²) in [7, 11) is 1.44. The molecule has 3 aromatic carbocycles. The van der Waals surface area contributed by atoms with Gasteiger partial charge in [0.25, 0.3) is 11.8 Å². The molecule has 4 aromatic rings. The molecule has 6 N–H and O–H groups in total. The zero-order chi connectivity index (χ0) is 31.5. The molecule has 1 aromatic heterocycles. The number of carboxylic acid groups (broad SMARTS) is 1. The number of nitrogens with one attached hydrogen (secondary N) is 3. The zero-order valence-electron chi connectivity index (χ0n) is 24.4. The maximum absolute atomic E-state index is 14.0. The number of methoxy groups -OCH3 is 1. The molecule has 10 nitrogen and oxygen atoms in total. The quantitative estimate of drug-likeness (QED) is 0.120. The number of hydrogen-bond acceptors (Lipinski definition) is 7. The van der Waals surface area contributed by atoms with Crippen LogP contribution in [0.2, 0.25) is 0 Å². The third kappa shape index (κ3) is 6.13. The van der Waals surface area contributed by atoms with Crippen molar-refractivity contribution in [3.8, 4) is 33.1 Å². The fourth-order valence-corrected chi connectivity index (χ4v) is 5.99. The summed E-state index contributed by atoms with van der Waals surface area (Å²) in [6, 6.07) is 14.6. The van der Waals surface area contributed by atoms with Gasteiger partial charge >= 0.3 is 5.97 Å². The molecule has 0 saturated heterocycles. The van der Waals surface area contributed by atoms with Crippen LogP contribution in [0, 0.1) is 11.3 Å². The molecule has 5 rings (SSSR count). The van der Waals surface area contributed by atoms with E-state index >= 15 is 0 Å². The predicted octanol–water partition coefficient (Wildman–Crippen LogP) is 5.65. The molecule has 11 heteroatoms. The Morgan fingerprint density at radius 2 is 1.80 bits per heavy atom. The van der Waals surface area contributed by atoms with E-state index in [2.05, 4.69) is 10.6 Å². The van der Waals surface area contributed by atoms with Crippen molar-refractivity contribution in [1.29, 1.82) is 5.41 Å². The minimum Gasteiger partial charge on any atom is -0.496 e. The third-order valence-electron chi connectivity index (χ3n) is 7.21. The number of nitrogen functional groups attached to an aromatic ring is 1. The number of thiophene rings is 1. The van der Waals surface area contributed by atoms with Crippen molar-refractivity contribution in [2.75, 3.05) is 25.6 Å². The summed E-state index contributed by atoms with van der Waals surface area (Å²) in [5.74, 6) is -1.25. The summed E-state index contributed by atoms with van der Waals surface area (Å²) in [6.07, 6.45) is 0.688. The highest BCUT2D eigenvalue weighted by Gasteiger charge is 2.26. The molecule has 0 atom stereocenters. The van der Waals surface area contributed by atoms with Gasteiger partial charge in [-0.25, -0.2) is 4.79 Å². The number of carbonyl (C=O) groups is 3.